The third-order valence-electron chi connectivity index (χ3n) is 4.87. The Bertz CT molecular complexity index is 1130. The van der Waals surface area contributed by atoms with Gasteiger partial charge >= 0.3 is 0 Å². The molecular weight excluding hydrogens is 364 g/mol. The van der Waals surface area contributed by atoms with Gasteiger partial charge in [-0.05, 0) is 49.6 Å². The maximum atomic E-state index is 12.6. The van der Waals surface area contributed by atoms with Gasteiger partial charge in [0.15, 0.2) is 5.13 Å². The van der Waals surface area contributed by atoms with Crippen LogP contribution < -0.4 is 5.32 Å². The van der Waals surface area contributed by atoms with Gasteiger partial charge in [-0.2, -0.15) is 0 Å². The number of aromatic nitrogens is 1. The molecule has 3 aromatic carbocycles. The first-order chi connectivity index (χ1) is 13.5. The van der Waals surface area contributed by atoms with E-state index in [4.69, 9.17) is 0 Å². The summed E-state index contributed by atoms with van der Waals surface area (Å²) in [5.74, 6) is -0.265. The molecule has 140 valence electrons. The first-order valence-corrected chi connectivity index (χ1v) is 10.2. The lowest BCUT2D eigenvalue weighted by atomic mass is 10.0. The number of carbonyl (C=O) groups excluding carboxylic acids is 1. The van der Waals surface area contributed by atoms with Gasteiger partial charge in [0.25, 0.3) is 0 Å². The van der Waals surface area contributed by atoms with E-state index in [9.17, 15) is 4.79 Å². The van der Waals surface area contributed by atoms with Crippen LogP contribution in [-0.2, 0) is 4.79 Å². The van der Waals surface area contributed by atoms with Gasteiger partial charge in [0.2, 0.25) is 5.91 Å². The second-order valence-electron chi connectivity index (χ2n) is 7.20. The van der Waals surface area contributed by atoms with Crippen molar-refractivity contribution in [3.8, 4) is 11.1 Å². The van der Waals surface area contributed by atoms with Gasteiger partial charge in [0, 0.05) is 0 Å². The summed E-state index contributed by atoms with van der Waals surface area (Å²) in [7, 11) is 0. The fourth-order valence-electron chi connectivity index (χ4n) is 3.41. The second-order valence-corrected chi connectivity index (χ2v) is 8.23. The lowest BCUT2D eigenvalue weighted by molar-refractivity contribution is -0.117. The highest BCUT2D eigenvalue weighted by Gasteiger charge is 2.17. The van der Waals surface area contributed by atoms with Crippen LogP contribution in [0, 0.1) is 13.8 Å². The normalized spacial score (nSPS) is 12.1. The fourth-order valence-corrected chi connectivity index (χ4v) is 4.31. The zero-order valence-electron chi connectivity index (χ0n) is 16.2. The molecule has 4 aromatic rings. The topological polar surface area (TPSA) is 42.0 Å². The zero-order valence-corrected chi connectivity index (χ0v) is 17.0. The molecule has 4 heteroatoms. The number of nitrogens with zero attached hydrogens (tertiary/aromatic N) is 1. The Kier molecular flexibility index (Phi) is 4.97. The monoisotopic (exact) mass is 386 g/mol. The Hall–Kier alpha value is -2.98. The molecule has 0 saturated heterocycles. The van der Waals surface area contributed by atoms with Crippen molar-refractivity contribution in [3.63, 3.8) is 0 Å². The van der Waals surface area contributed by atoms with Gasteiger partial charge in [-0.1, -0.05) is 77.1 Å². The van der Waals surface area contributed by atoms with Gasteiger partial charge in [-0.15, -0.1) is 0 Å². The van der Waals surface area contributed by atoms with Crippen molar-refractivity contribution < 1.29 is 4.79 Å². The lowest BCUT2D eigenvalue weighted by Crippen LogP contribution is -2.18. The van der Waals surface area contributed by atoms with Crippen molar-refractivity contribution in [2.45, 2.75) is 26.7 Å². The molecule has 28 heavy (non-hydrogen) atoms. The number of amides is 1. The van der Waals surface area contributed by atoms with E-state index in [1.165, 1.54) is 33.6 Å². The SMILES string of the molecule is Cc1cc(C)cc(-c2ccc3nc(NC(=O)C(C)c4ccccc4)sc3c2)c1. The number of aryl methyl sites for hydroxylation is 2. The van der Waals surface area contributed by atoms with E-state index < -0.39 is 0 Å². The summed E-state index contributed by atoms with van der Waals surface area (Å²) in [6, 6.07) is 22.6. The van der Waals surface area contributed by atoms with Crippen molar-refractivity contribution >= 4 is 32.6 Å². The maximum absolute atomic E-state index is 12.6. The van der Waals surface area contributed by atoms with E-state index in [1.807, 2.05) is 43.3 Å². The minimum Gasteiger partial charge on any atom is -0.301 e. The molecule has 1 heterocycles. The Morgan fingerprint density at radius 2 is 1.64 bits per heavy atom. The number of nitrogens with one attached hydrogen (secondary N) is 1. The Morgan fingerprint density at radius 1 is 0.929 bits per heavy atom. The smallest absolute Gasteiger partial charge is 0.233 e. The summed E-state index contributed by atoms with van der Waals surface area (Å²) < 4.78 is 1.07. The zero-order chi connectivity index (χ0) is 19.7. The number of hydrogen-bond acceptors (Lipinski definition) is 3. The quantitative estimate of drug-likeness (QED) is 0.446. The number of rotatable bonds is 4. The number of benzene rings is 3. The molecule has 0 aliphatic rings. The predicted octanol–water partition coefficient (Wildman–Crippen LogP) is 6.32. The fraction of sp³-hybridized carbons (Fsp3) is 0.167. The van der Waals surface area contributed by atoms with Crippen molar-refractivity contribution in [1.29, 1.82) is 0 Å². The first kappa shape index (κ1) is 18.4. The number of hydrogen-bond donors (Lipinski definition) is 1. The molecule has 4 rings (SSSR count). The summed E-state index contributed by atoms with van der Waals surface area (Å²) in [4.78, 5) is 17.2. The average Bonchev–Trinajstić information content (AvgIpc) is 3.08. The molecule has 0 bridgehead atoms. The largest absolute Gasteiger partial charge is 0.301 e. The number of thiazole rings is 1. The van der Waals surface area contributed by atoms with Crippen LogP contribution in [-0.4, -0.2) is 10.9 Å². The van der Waals surface area contributed by atoms with Crippen LogP contribution in [0.3, 0.4) is 0 Å². The molecule has 1 amide bonds. The summed E-state index contributed by atoms with van der Waals surface area (Å²) >= 11 is 1.51. The highest BCUT2D eigenvalue weighted by atomic mass is 32.1. The molecule has 1 unspecified atom stereocenters. The van der Waals surface area contributed by atoms with Gasteiger partial charge in [-0.3, -0.25) is 4.79 Å². The van der Waals surface area contributed by atoms with E-state index in [-0.39, 0.29) is 11.8 Å². The van der Waals surface area contributed by atoms with Crippen LogP contribution in [0.2, 0.25) is 0 Å². The molecule has 3 nitrogen and oxygen atoms in total. The minimum absolute atomic E-state index is 0.0419. The van der Waals surface area contributed by atoms with E-state index in [0.29, 0.717) is 5.13 Å². The molecule has 0 spiro atoms. The molecular formula is C24H22N2OS. The van der Waals surface area contributed by atoms with Gasteiger partial charge in [0.1, 0.15) is 0 Å². The molecule has 0 aliphatic heterocycles. The van der Waals surface area contributed by atoms with Gasteiger partial charge < -0.3 is 5.32 Å². The van der Waals surface area contributed by atoms with E-state index in [2.05, 4.69) is 54.5 Å². The Morgan fingerprint density at radius 3 is 2.36 bits per heavy atom. The molecule has 0 aliphatic carbocycles. The predicted molar refractivity (Wildman–Crippen MR) is 118 cm³/mol. The third kappa shape index (κ3) is 3.82. The molecule has 1 N–H and O–H groups in total. The second kappa shape index (κ2) is 7.56. The van der Waals surface area contributed by atoms with Crippen molar-refractivity contribution in [1.82, 2.24) is 4.98 Å². The number of carbonyl (C=O) groups is 1. The van der Waals surface area contributed by atoms with Gasteiger partial charge in [0.05, 0.1) is 16.1 Å². The summed E-state index contributed by atoms with van der Waals surface area (Å²) in [6.07, 6.45) is 0. The maximum Gasteiger partial charge on any atom is 0.233 e. The van der Waals surface area contributed by atoms with Crippen molar-refractivity contribution in [2.75, 3.05) is 5.32 Å². The van der Waals surface area contributed by atoms with Crippen LogP contribution in [0.4, 0.5) is 5.13 Å². The lowest BCUT2D eigenvalue weighted by Gasteiger charge is -2.10. The highest BCUT2D eigenvalue weighted by molar-refractivity contribution is 7.22. The first-order valence-electron chi connectivity index (χ1n) is 9.35. The summed E-state index contributed by atoms with van der Waals surface area (Å²) in [6.45, 7) is 6.14. The summed E-state index contributed by atoms with van der Waals surface area (Å²) in [5, 5.41) is 3.61. The van der Waals surface area contributed by atoms with Crippen LogP contribution in [0.15, 0.2) is 66.7 Å². The molecule has 1 aromatic heterocycles. The average molecular weight is 387 g/mol. The third-order valence-corrected chi connectivity index (χ3v) is 5.80. The van der Waals surface area contributed by atoms with Crippen molar-refractivity contribution in [2.24, 2.45) is 0 Å². The Labute approximate surface area is 169 Å². The number of fused-ring (bicyclic) bond motifs is 1. The Balaban J connectivity index is 1.59. The van der Waals surface area contributed by atoms with Crippen LogP contribution >= 0.6 is 11.3 Å². The van der Waals surface area contributed by atoms with E-state index in [1.54, 1.807) is 0 Å². The van der Waals surface area contributed by atoms with E-state index in [0.717, 1.165) is 15.8 Å². The van der Waals surface area contributed by atoms with Crippen LogP contribution in [0.5, 0.6) is 0 Å². The molecule has 1 atom stereocenters. The molecule has 0 saturated carbocycles. The van der Waals surface area contributed by atoms with Crippen molar-refractivity contribution in [3.05, 3.63) is 83.4 Å². The highest BCUT2D eigenvalue weighted by Crippen LogP contribution is 2.32. The standard InChI is InChI=1S/C24H22N2OS/c1-15-11-16(2)13-20(12-15)19-9-10-21-22(14-19)28-24(25-21)26-23(27)17(3)18-7-5-4-6-8-18/h4-14,17H,1-3H3,(H,25,26,27). The molecule has 0 radical (unpaired) electrons. The molecule has 0 fully saturated rings. The van der Waals surface area contributed by atoms with Crippen LogP contribution in [0.1, 0.15) is 29.5 Å². The van der Waals surface area contributed by atoms with Crippen LogP contribution in [0.25, 0.3) is 21.3 Å². The van der Waals surface area contributed by atoms with E-state index >= 15 is 0 Å². The number of anilines is 1. The minimum atomic E-state index is -0.223. The van der Waals surface area contributed by atoms with Gasteiger partial charge in [-0.25, -0.2) is 4.98 Å². The summed E-state index contributed by atoms with van der Waals surface area (Å²) in [5.41, 5.74) is 6.78.